The quantitative estimate of drug-likeness (QED) is 0.123. The molecule has 0 saturated carbocycles. The van der Waals surface area contributed by atoms with Crippen molar-refractivity contribution in [1.29, 1.82) is 0 Å². The van der Waals surface area contributed by atoms with E-state index in [0.29, 0.717) is 0 Å². The van der Waals surface area contributed by atoms with E-state index in [0.717, 1.165) is 0 Å². The van der Waals surface area contributed by atoms with E-state index in [1.165, 1.54) is 136 Å². The first-order chi connectivity index (χ1) is 31.8. The van der Waals surface area contributed by atoms with Crippen LogP contribution in [0.4, 0.5) is 0 Å². The first kappa shape index (κ1) is 37.0. The molecule has 12 aromatic rings. The van der Waals surface area contributed by atoms with Gasteiger partial charge >= 0.3 is 0 Å². The van der Waals surface area contributed by atoms with E-state index >= 15 is 0 Å². The summed E-state index contributed by atoms with van der Waals surface area (Å²) in [4.78, 5) is 2.96. The molecule has 11 aromatic carbocycles. The molecule has 1 nitrogen and oxygen atoms in total. The molecule has 0 unspecified atom stereocenters. The van der Waals surface area contributed by atoms with Gasteiger partial charge in [0.2, 0.25) is 0 Å². The fraction of sp³-hybridized carbons (Fsp3) is 0.0794. The Bertz CT molecular complexity index is 4000. The van der Waals surface area contributed by atoms with E-state index < -0.39 is 10.0 Å². The number of rotatable bonds is 3. The summed E-state index contributed by atoms with van der Waals surface area (Å²) in [6.45, 7) is 4.81. The molecule has 0 radical (unpaired) electrons. The van der Waals surface area contributed by atoms with E-state index in [2.05, 4.69) is 231 Å². The first-order valence-electron chi connectivity index (χ1n) is 22.8. The van der Waals surface area contributed by atoms with Crippen molar-refractivity contribution in [3.8, 4) is 50.2 Å². The van der Waals surface area contributed by atoms with Crippen molar-refractivity contribution in [2.45, 2.75) is 29.1 Å². The lowest BCUT2D eigenvalue weighted by Gasteiger charge is -2.28. The SMILES string of the molecule is CC1(C)c2ccccc2-c2ccc3c4cc(-c5c6ccccc6c(-c6ccc7c(c6)-c6cc8ccc9ccccc9c8cc6S7(C)C)c6ccccc56)ccc4n(-c4ccccc4)c3c21. The summed E-state index contributed by atoms with van der Waals surface area (Å²) < 4.78 is 2.53. The van der Waals surface area contributed by atoms with Crippen LogP contribution in [0.15, 0.2) is 210 Å². The van der Waals surface area contributed by atoms with Crippen LogP contribution in [0.25, 0.3) is 115 Å². The van der Waals surface area contributed by atoms with Crippen molar-refractivity contribution in [3.63, 3.8) is 0 Å². The zero-order valence-corrected chi connectivity index (χ0v) is 37.7. The maximum atomic E-state index is 2.53. The predicted molar refractivity (Wildman–Crippen MR) is 281 cm³/mol. The summed E-state index contributed by atoms with van der Waals surface area (Å²) in [5.74, 6) is 0. The Morgan fingerprint density at radius 3 is 1.72 bits per heavy atom. The molecule has 0 N–H and O–H groups in total. The average Bonchev–Trinajstić information content (AvgIpc) is 3.88. The molecule has 65 heavy (non-hydrogen) atoms. The fourth-order valence-electron chi connectivity index (χ4n) is 12.2. The Morgan fingerprint density at radius 2 is 0.985 bits per heavy atom. The zero-order valence-electron chi connectivity index (χ0n) is 36.9. The van der Waals surface area contributed by atoms with Gasteiger partial charge in [-0.2, -0.15) is 10.0 Å². The minimum atomic E-state index is -1.23. The number of hydrogen-bond acceptors (Lipinski definition) is 0. The summed E-state index contributed by atoms with van der Waals surface area (Å²) >= 11 is 0. The van der Waals surface area contributed by atoms with Gasteiger partial charge in [0.25, 0.3) is 0 Å². The second kappa shape index (κ2) is 13.1. The van der Waals surface area contributed by atoms with Crippen molar-refractivity contribution in [2.75, 3.05) is 12.5 Å². The van der Waals surface area contributed by atoms with E-state index in [1.807, 2.05) is 0 Å². The summed E-state index contributed by atoms with van der Waals surface area (Å²) in [5, 5.41) is 12.9. The highest BCUT2D eigenvalue weighted by atomic mass is 32.3. The topological polar surface area (TPSA) is 4.93 Å². The number of para-hydroxylation sites is 1. The molecule has 0 bridgehead atoms. The molecule has 0 fully saturated rings. The molecule has 308 valence electrons. The third-order valence-corrected chi connectivity index (χ3v) is 18.1. The number of nitrogens with zero attached hydrogens (tertiary/aromatic N) is 1. The van der Waals surface area contributed by atoms with Gasteiger partial charge in [-0.05, 0) is 160 Å². The molecule has 2 heteroatoms. The third kappa shape index (κ3) is 4.95. The van der Waals surface area contributed by atoms with Crippen molar-refractivity contribution in [3.05, 3.63) is 211 Å². The van der Waals surface area contributed by atoms with Gasteiger partial charge in [0, 0.05) is 31.7 Å². The van der Waals surface area contributed by atoms with Gasteiger partial charge in [-0.3, -0.25) is 0 Å². The molecule has 0 atom stereocenters. The van der Waals surface area contributed by atoms with Crippen molar-refractivity contribution < 1.29 is 0 Å². The van der Waals surface area contributed by atoms with Crippen molar-refractivity contribution in [1.82, 2.24) is 4.57 Å². The number of hydrogen-bond donors (Lipinski definition) is 0. The molecule has 1 aromatic heterocycles. The maximum Gasteiger partial charge on any atom is 0.0588 e. The Kier molecular flexibility index (Phi) is 7.46. The van der Waals surface area contributed by atoms with Gasteiger partial charge in [-0.15, -0.1) is 0 Å². The van der Waals surface area contributed by atoms with E-state index in [1.54, 1.807) is 0 Å². The van der Waals surface area contributed by atoms with Crippen LogP contribution in [0.1, 0.15) is 25.0 Å². The molecule has 0 saturated heterocycles. The van der Waals surface area contributed by atoms with Crippen molar-refractivity contribution >= 4 is 74.9 Å². The average molecular weight is 848 g/mol. The van der Waals surface area contributed by atoms with Gasteiger partial charge in [0.1, 0.15) is 0 Å². The molecule has 2 aliphatic rings. The molecule has 14 rings (SSSR count). The summed E-state index contributed by atoms with van der Waals surface area (Å²) in [6.07, 6.45) is 4.96. The van der Waals surface area contributed by atoms with Crippen LogP contribution in [0.3, 0.4) is 0 Å². The summed E-state index contributed by atoms with van der Waals surface area (Å²) in [5.41, 5.74) is 16.9. The highest BCUT2D eigenvalue weighted by Gasteiger charge is 2.39. The van der Waals surface area contributed by atoms with Crippen LogP contribution < -0.4 is 0 Å². The lowest BCUT2D eigenvalue weighted by molar-refractivity contribution is 0.664. The van der Waals surface area contributed by atoms with Crippen molar-refractivity contribution in [2.24, 2.45) is 0 Å². The molecule has 0 spiro atoms. The number of aromatic nitrogens is 1. The molecule has 1 aliphatic heterocycles. The van der Waals surface area contributed by atoms with Crippen LogP contribution in [0, 0.1) is 0 Å². The monoisotopic (exact) mass is 847 g/mol. The van der Waals surface area contributed by atoms with Gasteiger partial charge < -0.3 is 4.57 Å². The second-order valence-corrected chi connectivity index (χ2v) is 22.7. The third-order valence-electron chi connectivity index (χ3n) is 15.2. The number of fused-ring (bicyclic) bond motifs is 15. The lowest BCUT2D eigenvalue weighted by atomic mass is 9.81. The smallest absolute Gasteiger partial charge is 0.0588 e. The van der Waals surface area contributed by atoms with Gasteiger partial charge in [-0.1, -0.05) is 166 Å². The summed E-state index contributed by atoms with van der Waals surface area (Å²) in [7, 11) is -1.23. The molecule has 0 amide bonds. The van der Waals surface area contributed by atoms with Gasteiger partial charge in [-0.25, -0.2) is 0 Å². The number of benzene rings is 11. The van der Waals surface area contributed by atoms with Crippen LogP contribution in [-0.4, -0.2) is 17.1 Å². The highest BCUT2D eigenvalue weighted by molar-refractivity contribution is 8.33. The minimum absolute atomic E-state index is 0.156. The van der Waals surface area contributed by atoms with E-state index in [9.17, 15) is 0 Å². The fourth-order valence-corrected chi connectivity index (χ4v) is 14.7. The Balaban J connectivity index is 1.000. The normalized spacial score (nSPS) is 14.9. The van der Waals surface area contributed by atoms with Gasteiger partial charge in [0.15, 0.2) is 0 Å². The standard InChI is InChI=1S/C63H45NS/c1-63(2)55-25-15-14-20-44(55)49-30-31-50-52-35-40(28-32-56(52)64(62(50)61(49)63)42-17-6-5-7-18-42)59-45-21-10-12-23-47(45)60(48-24-13-11-22-46(48)59)41-29-33-57-53(36-41)54-34-39-27-26-38-16-8-9-19-43(38)51(39)37-58(54)65(57,3)4/h5-37H,1-4H3. The zero-order chi connectivity index (χ0) is 43.3. The van der Waals surface area contributed by atoms with Gasteiger partial charge in [0.05, 0.1) is 11.0 Å². The van der Waals surface area contributed by atoms with E-state index in [4.69, 9.17) is 0 Å². The minimum Gasteiger partial charge on any atom is -0.309 e. The van der Waals surface area contributed by atoms with Crippen LogP contribution in [0.5, 0.6) is 0 Å². The molecular formula is C63H45NS. The molecule has 2 heterocycles. The molecule has 1 aliphatic carbocycles. The second-order valence-electron chi connectivity index (χ2n) is 19.2. The largest absolute Gasteiger partial charge is 0.309 e. The molecular weight excluding hydrogens is 803 g/mol. The van der Waals surface area contributed by atoms with Crippen LogP contribution in [-0.2, 0) is 5.41 Å². The maximum absolute atomic E-state index is 2.53. The Morgan fingerprint density at radius 1 is 0.385 bits per heavy atom. The van der Waals surface area contributed by atoms with Crippen LogP contribution >= 0.6 is 10.0 Å². The predicted octanol–water partition coefficient (Wildman–Crippen LogP) is 17.5. The lowest BCUT2D eigenvalue weighted by Crippen LogP contribution is -2.16. The summed E-state index contributed by atoms with van der Waals surface area (Å²) in [6, 6.07) is 76.0. The Hall–Kier alpha value is -7.39. The Labute approximate surface area is 380 Å². The first-order valence-corrected chi connectivity index (χ1v) is 25.3. The highest BCUT2D eigenvalue weighted by Crippen LogP contribution is 2.68. The van der Waals surface area contributed by atoms with Crippen LogP contribution in [0.2, 0.25) is 0 Å². The van der Waals surface area contributed by atoms with E-state index in [-0.39, 0.29) is 5.41 Å².